The summed E-state index contributed by atoms with van der Waals surface area (Å²) in [6.07, 6.45) is 4.59. The van der Waals surface area contributed by atoms with E-state index in [0.717, 1.165) is 22.9 Å². The zero-order chi connectivity index (χ0) is 23.4. The van der Waals surface area contributed by atoms with Gasteiger partial charge >= 0.3 is 0 Å². The lowest BCUT2D eigenvalue weighted by molar-refractivity contribution is -0.135. The number of amides is 1. The van der Waals surface area contributed by atoms with Crippen molar-refractivity contribution in [2.75, 3.05) is 26.3 Å². The lowest BCUT2D eigenvalue weighted by Gasteiger charge is -2.36. The van der Waals surface area contributed by atoms with Gasteiger partial charge in [0.25, 0.3) is 0 Å². The average Bonchev–Trinajstić information content (AvgIpc) is 3.14. The molecule has 1 aliphatic rings. The van der Waals surface area contributed by atoms with E-state index in [1.165, 1.54) is 10.9 Å². The minimum Gasteiger partial charge on any atom is -0.379 e. The van der Waals surface area contributed by atoms with Gasteiger partial charge in [-0.15, -0.1) is 0 Å². The van der Waals surface area contributed by atoms with Crippen LogP contribution in [0.3, 0.4) is 0 Å². The molecule has 0 spiro atoms. The van der Waals surface area contributed by atoms with Gasteiger partial charge in [-0.2, -0.15) is 0 Å². The molecule has 1 fully saturated rings. The van der Waals surface area contributed by atoms with Crippen molar-refractivity contribution >= 4 is 16.7 Å². The maximum absolute atomic E-state index is 14.2. The second-order valence-corrected chi connectivity index (χ2v) is 9.31. The van der Waals surface area contributed by atoms with Crippen molar-refractivity contribution in [1.29, 1.82) is 0 Å². The van der Waals surface area contributed by atoms with Crippen LogP contribution >= 0.6 is 0 Å². The number of benzene rings is 3. The van der Waals surface area contributed by atoms with Crippen LogP contribution in [0.4, 0.5) is 0 Å². The Balaban J connectivity index is 1.42. The summed E-state index contributed by atoms with van der Waals surface area (Å²) in [4.78, 5) is 20.5. The Morgan fingerprint density at radius 2 is 1.68 bits per heavy atom. The summed E-state index contributed by atoms with van der Waals surface area (Å²) in [7, 11) is 0. The SMILES string of the molecule is CC(C(=O)N1CCOCC(Cc2ccc3ccncc3c2)C1)(c1ccccc1)c1ccccc1. The second kappa shape index (κ2) is 9.78. The highest BCUT2D eigenvalue weighted by molar-refractivity contribution is 5.91. The maximum atomic E-state index is 14.2. The lowest BCUT2D eigenvalue weighted by Crippen LogP contribution is -2.48. The van der Waals surface area contributed by atoms with E-state index in [2.05, 4.69) is 54.4 Å². The number of pyridine rings is 1. The van der Waals surface area contributed by atoms with Crippen molar-refractivity contribution in [3.8, 4) is 0 Å². The molecule has 4 heteroatoms. The molecule has 34 heavy (non-hydrogen) atoms. The second-order valence-electron chi connectivity index (χ2n) is 9.31. The minimum atomic E-state index is -0.758. The molecule has 1 aromatic heterocycles. The van der Waals surface area contributed by atoms with Crippen molar-refractivity contribution in [2.24, 2.45) is 5.92 Å². The average molecular weight is 451 g/mol. The van der Waals surface area contributed by atoms with Crippen molar-refractivity contribution in [3.05, 3.63) is 114 Å². The summed E-state index contributed by atoms with van der Waals surface area (Å²) < 4.78 is 5.97. The predicted octanol–water partition coefficient (Wildman–Crippen LogP) is 5.26. The third-order valence-corrected chi connectivity index (χ3v) is 6.98. The van der Waals surface area contributed by atoms with Gasteiger partial charge in [-0.25, -0.2) is 0 Å². The smallest absolute Gasteiger partial charge is 0.237 e. The first kappa shape index (κ1) is 22.3. The number of rotatable bonds is 5. The molecule has 0 bridgehead atoms. The van der Waals surface area contributed by atoms with Crippen LogP contribution in [0.5, 0.6) is 0 Å². The van der Waals surface area contributed by atoms with Crippen molar-refractivity contribution in [1.82, 2.24) is 9.88 Å². The fourth-order valence-electron chi connectivity index (χ4n) is 5.06. The Labute approximate surface area is 201 Å². The highest BCUT2D eigenvalue weighted by atomic mass is 16.5. The molecular weight excluding hydrogens is 420 g/mol. The first-order chi connectivity index (χ1) is 16.6. The zero-order valence-electron chi connectivity index (χ0n) is 19.6. The van der Waals surface area contributed by atoms with Crippen LogP contribution in [-0.4, -0.2) is 42.1 Å². The summed E-state index contributed by atoms with van der Waals surface area (Å²) >= 11 is 0. The molecule has 0 saturated carbocycles. The largest absolute Gasteiger partial charge is 0.379 e. The Morgan fingerprint density at radius 3 is 2.38 bits per heavy atom. The van der Waals surface area contributed by atoms with Crippen LogP contribution in [0.15, 0.2) is 97.3 Å². The van der Waals surface area contributed by atoms with E-state index < -0.39 is 5.41 Å². The minimum absolute atomic E-state index is 0.128. The van der Waals surface area contributed by atoms with E-state index in [4.69, 9.17) is 4.74 Å². The summed E-state index contributed by atoms with van der Waals surface area (Å²) in [6.45, 7) is 4.55. The Morgan fingerprint density at radius 1 is 0.971 bits per heavy atom. The van der Waals surface area contributed by atoms with Crippen LogP contribution in [-0.2, 0) is 21.4 Å². The third kappa shape index (κ3) is 4.46. The van der Waals surface area contributed by atoms with E-state index in [-0.39, 0.29) is 11.8 Å². The maximum Gasteiger partial charge on any atom is 0.237 e. The van der Waals surface area contributed by atoms with Gasteiger partial charge in [0.15, 0.2) is 0 Å². The summed E-state index contributed by atoms with van der Waals surface area (Å²) in [5.41, 5.74) is 2.51. The number of ether oxygens (including phenoxy) is 1. The highest BCUT2D eigenvalue weighted by Crippen LogP contribution is 2.34. The number of hydrogen-bond donors (Lipinski definition) is 0. The van der Waals surface area contributed by atoms with E-state index in [1.54, 1.807) is 0 Å². The van der Waals surface area contributed by atoms with Gasteiger partial charge in [-0.3, -0.25) is 9.78 Å². The predicted molar refractivity (Wildman–Crippen MR) is 136 cm³/mol. The molecule has 0 N–H and O–H groups in total. The van der Waals surface area contributed by atoms with Gasteiger partial charge in [-0.1, -0.05) is 72.8 Å². The van der Waals surface area contributed by atoms with Crippen LogP contribution in [0.2, 0.25) is 0 Å². The van der Waals surface area contributed by atoms with Crippen LogP contribution < -0.4 is 0 Å². The van der Waals surface area contributed by atoms with Crippen molar-refractivity contribution in [3.63, 3.8) is 0 Å². The Kier molecular flexibility index (Phi) is 6.41. The Hall–Kier alpha value is -3.50. The van der Waals surface area contributed by atoms with Gasteiger partial charge in [-0.05, 0) is 47.6 Å². The Bertz CT molecular complexity index is 1220. The number of hydrogen-bond acceptors (Lipinski definition) is 3. The first-order valence-corrected chi connectivity index (χ1v) is 12.0. The van der Waals surface area contributed by atoms with Crippen LogP contribution in [0.25, 0.3) is 10.8 Å². The quantitative estimate of drug-likeness (QED) is 0.417. The number of nitrogens with zero attached hydrogens (tertiary/aromatic N) is 2. The van der Waals surface area contributed by atoms with Crippen LogP contribution in [0.1, 0.15) is 23.6 Å². The molecule has 2 heterocycles. The van der Waals surface area contributed by atoms with E-state index >= 15 is 0 Å². The molecule has 4 nitrogen and oxygen atoms in total. The number of carbonyl (C=O) groups is 1. The highest BCUT2D eigenvalue weighted by Gasteiger charge is 2.40. The molecule has 1 atom stereocenters. The normalized spacial score (nSPS) is 16.9. The molecule has 3 aromatic carbocycles. The fourth-order valence-corrected chi connectivity index (χ4v) is 5.06. The summed E-state index contributed by atoms with van der Waals surface area (Å²) in [5.74, 6) is 0.361. The van der Waals surface area contributed by atoms with Gasteiger partial charge < -0.3 is 9.64 Å². The molecule has 0 radical (unpaired) electrons. The molecule has 5 rings (SSSR count). The van der Waals surface area contributed by atoms with Crippen LogP contribution in [0, 0.1) is 5.92 Å². The van der Waals surface area contributed by atoms with E-state index in [0.29, 0.717) is 26.3 Å². The molecule has 1 aliphatic heterocycles. The van der Waals surface area contributed by atoms with Gasteiger partial charge in [0.05, 0.1) is 18.6 Å². The topological polar surface area (TPSA) is 42.4 Å². The molecular formula is C30H30N2O2. The molecule has 4 aromatic rings. The zero-order valence-corrected chi connectivity index (χ0v) is 19.6. The van der Waals surface area contributed by atoms with Gasteiger partial charge in [0.2, 0.25) is 5.91 Å². The molecule has 0 aliphatic carbocycles. The fraction of sp³-hybridized carbons (Fsp3) is 0.267. The first-order valence-electron chi connectivity index (χ1n) is 12.0. The number of fused-ring (bicyclic) bond motifs is 1. The van der Waals surface area contributed by atoms with Gasteiger partial charge in [0.1, 0.15) is 0 Å². The standard InChI is InChI=1S/C30H30N2O2/c1-30(27-8-4-2-5-9-27,28-10-6-3-7-11-28)29(33)32-16-17-34-22-24(21-32)18-23-12-13-25-14-15-31-20-26(25)19-23/h2-15,19-20,24H,16-18,21-22H2,1H3. The van der Waals surface area contributed by atoms with Crippen molar-refractivity contribution in [2.45, 2.75) is 18.8 Å². The summed E-state index contributed by atoms with van der Waals surface area (Å²) in [5, 5.41) is 2.33. The van der Waals surface area contributed by atoms with E-state index in [9.17, 15) is 4.79 Å². The molecule has 1 amide bonds. The molecule has 1 unspecified atom stereocenters. The lowest BCUT2D eigenvalue weighted by atomic mass is 9.75. The molecule has 172 valence electrons. The number of carbonyl (C=O) groups excluding carboxylic acids is 1. The monoisotopic (exact) mass is 450 g/mol. The third-order valence-electron chi connectivity index (χ3n) is 6.98. The van der Waals surface area contributed by atoms with Gasteiger partial charge in [0, 0.05) is 36.8 Å². The number of aromatic nitrogens is 1. The molecule has 1 saturated heterocycles. The summed E-state index contributed by atoms with van der Waals surface area (Å²) in [6, 6.07) is 28.8. The van der Waals surface area contributed by atoms with Crippen molar-refractivity contribution < 1.29 is 9.53 Å². The van der Waals surface area contributed by atoms with E-state index in [1.807, 2.05) is 59.8 Å².